The monoisotopic (exact) mass is 307 g/mol. The number of halogens is 2. The number of nitrogens with zero attached hydrogens (tertiary/aromatic N) is 1. The number of H-pyrrole nitrogens is 1. The maximum absolute atomic E-state index is 9.52. The third kappa shape index (κ3) is 2.40. The van der Waals surface area contributed by atoms with Crippen molar-refractivity contribution in [1.29, 1.82) is 0 Å². The third-order valence-corrected chi connectivity index (χ3v) is 3.61. The molecule has 3 aromatic rings. The minimum atomic E-state index is -0.102. The Bertz CT molecular complexity index is 747. The standard InChI is InChI=1S/C14H11Cl2N3O/c15-11-4-9(5-12(16)13(11)20)18-6-8-7-19-14-10(8)2-1-3-17-14/h1-5,7,18,20H,6H2,(H,17,19). The van der Waals surface area contributed by atoms with Gasteiger partial charge in [-0.2, -0.15) is 0 Å². The van der Waals surface area contributed by atoms with Crippen molar-refractivity contribution in [3.63, 3.8) is 0 Å². The number of hydrogen-bond donors (Lipinski definition) is 3. The molecule has 0 atom stereocenters. The van der Waals surface area contributed by atoms with E-state index in [0.29, 0.717) is 6.54 Å². The summed E-state index contributed by atoms with van der Waals surface area (Å²) in [6, 6.07) is 7.17. The van der Waals surface area contributed by atoms with Crippen LogP contribution in [0, 0.1) is 0 Å². The molecule has 2 aromatic heterocycles. The summed E-state index contributed by atoms with van der Waals surface area (Å²) in [5, 5.41) is 14.3. The smallest absolute Gasteiger partial charge is 0.152 e. The highest BCUT2D eigenvalue weighted by Crippen LogP contribution is 2.34. The van der Waals surface area contributed by atoms with Crippen LogP contribution in [0.4, 0.5) is 5.69 Å². The van der Waals surface area contributed by atoms with Crippen LogP contribution in [0.15, 0.2) is 36.7 Å². The van der Waals surface area contributed by atoms with E-state index in [4.69, 9.17) is 23.2 Å². The summed E-state index contributed by atoms with van der Waals surface area (Å²) in [5.74, 6) is -0.102. The number of benzene rings is 1. The van der Waals surface area contributed by atoms with Gasteiger partial charge in [-0.3, -0.25) is 0 Å². The number of aromatic nitrogens is 2. The van der Waals surface area contributed by atoms with E-state index in [1.165, 1.54) is 0 Å². The molecule has 0 aliphatic rings. The third-order valence-electron chi connectivity index (χ3n) is 3.04. The first-order valence-electron chi connectivity index (χ1n) is 5.98. The summed E-state index contributed by atoms with van der Waals surface area (Å²) >= 11 is 11.8. The highest BCUT2D eigenvalue weighted by atomic mass is 35.5. The quantitative estimate of drug-likeness (QED) is 0.636. The van der Waals surface area contributed by atoms with Crippen LogP contribution in [-0.2, 0) is 6.54 Å². The number of aromatic amines is 1. The average molecular weight is 308 g/mol. The lowest BCUT2D eigenvalue weighted by Crippen LogP contribution is -1.98. The molecule has 0 radical (unpaired) electrons. The van der Waals surface area contributed by atoms with E-state index in [0.717, 1.165) is 22.3 Å². The lowest BCUT2D eigenvalue weighted by molar-refractivity contribution is 0.476. The minimum Gasteiger partial charge on any atom is -0.505 e. The van der Waals surface area contributed by atoms with E-state index < -0.39 is 0 Å². The van der Waals surface area contributed by atoms with Gasteiger partial charge in [-0.25, -0.2) is 4.98 Å². The zero-order valence-corrected chi connectivity index (χ0v) is 11.8. The Morgan fingerprint density at radius 2 is 2.00 bits per heavy atom. The number of hydrogen-bond acceptors (Lipinski definition) is 3. The fourth-order valence-corrected chi connectivity index (χ4v) is 2.51. The molecule has 0 fully saturated rings. The fraction of sp³-hybridized carbons (Fsp3) is 0.0714. The number of fused-ring (bicyclic) bond motifs is 1. The van der Waals surface area contributed by atoms with Crippen molar-refractivity contribution in [1.82, 2.24) is 9.97 Å². The Kier molecular flexibility index (Phi) is 3.42. The summed E-state index contributed by atoms with van der Waals surface area (Å²) < 4.78 is 0. The Morgan fingerprint density at radius 1 is 1.25 bits per heavy atom. The second-order valence-electron chi connectivity index (χ2n) is 4.36. The number of aromatic hydroxyl groups is 1. The van der Waals surface area contributed by atoms with Crippen molar-refractivity contribution in [3.8, 4) is 5.75 Å². The molecule has 0 bridgehead atoms. The molecule has 0 unspecified atom stereocenters. The lowest BCUT2D eigenvalue weighted by atomic mass is 10.2. The predicted molar refractivity (Wildman–Crippen MR) is 81.5 cm³/mol. The molecule has 4 nitrogen and oxygen atoms in total. The molecule has 2 heterocycles. The number of anilines is 1. The van der Waals surface area contributed by atoms with Crippen molar-refractivity contribution in [2.75, 3.05) is 5.32 Å². The summed E-state index contributed by atoms with van der Waals surface area (Å²) in [6.07, 6.45) is 3.66. The minimum absolute atomic E-state index is 0.102. The molecule has 1 aromatic carbocycles. The number of phenolic OH excluding ortho intramolecular Hbond substituents is 1. The zero-order valence-electron chi connectivity index (χ0n) is 10.3. The molecule has 0 saturated carbocycles. The molecule has 102 valence electrons. The molecule has 0 aliphatic carbocycles. The Morgan fingerprint density at radius 3 is 2.75 bits per heavy atom. The molecule has 20 heavy (non-hydrogen) atoms. The molecular weight excluding hydrogens is 297 g/mol. The maximum Gasteiger partial charge on any atom is 0.152 e. The number of phenols is 1. The first-order chi connectivity index (χ1) is 9.65. The Labute approximate surface area is 125 Å². The molecule has 0 saturated heterocycles. The van der Waals surface area contributed by atoms with Gasteiger partial charge in [0.05, 0.1) is 10.0 Å². The molecule has 3 N–H and O–H groups in total. The van der Waals surface area contributed by atoms with E-state index in [1.54, 1.807) is 18.3 Å². The lowest BCUT2D eigenvalue weighted by Gasteiger charge is -2.08. The number of nitrogens with one attached hydrogen (secondary N) is 2. The van der Waals surface area contributed by atoms with Crippen LogP contribution in [-0.4, -0.2) is 15.1 Å². The van der Waals surface area contributed by atoms with Crippen LogP contribution in [0.5, 0.6) is 5.75 Å². The molecular formula is C14H11Cl2N3O. The number of pyridine rings is 1. The van der Waals surface area contributed by atoms with Crippen LogP contribution < -0.4 is 5.32 Å². The first kappa shape index (κ1) is 13.1. The van der Waals surface area contributed by atoms with Gasteiger partial charge in [0.2, 0.25) is 0 Å². The first-order valence-corrected chi connectivity index (χ1v) is 6.73. The molecule has 6 heteroatoms. The van der Waals surface area contributed by atoms with E-state index >= 15 is 0 Å². The molecule has 0 spiro atoms. The van der Waals surface area contributed by atoms with Gasteiger partial charge in [0.1, 0.15) is 5.65 Å². The predicted octanol–water partition coefficient (Wildman–Crippen LogP) is 4.19. The topological polar surface area (TPSA) is 60.9 Å². The van der Waals surface area contributed by atoms with Crippen LogP contribution in [0.25, 0.3) is 11.0 Å². The summed E-state index contributed by atoms with van der Waals surface area (Å²) in [7, 11) is 0. The largest absolute Gasteiger partial charge is 0.505 e. The SMILES string of the molecule is Oc1c(Cl)cc(NCc2c[nH]c3ncccc23)cc1Cl. The Hall–Kier alpha value is -1.91. The van der Waals surface area contributed by atoms with Crippen molar-refractivity contribution >= 4 is 39.9 Å². The zero-order chi connectivity index (χ0) is 14.1. The molecule has 0 amide bonds. The molecule has 0 aliphatic heterocycles. The number of rotatable bonds is 3. The van der Waals surface area contributed by atoms with Crippen molar-refractivity contribution in [2.24, 2.45) is 0 Å². The fourth-order valence-electron chi connectivity index (χ4n) is 2.02. The van der Waals surface area contributed by atoms with E-state index in [-0.39, 0.29) is 15.8 Å². The van der Waals surface area contributed by atoms with Crippen LogP contribution in [0.2, 0.25) is 10.0 Å². The van der Waals surface area contributed by atoms with Crippen LogP contribution >= 0.6 is 23.2 Å². The van der Waals surface area contributed by atoms with Gasteiger partial charge >= 0.3 is 0 Å². The van der Waals surface area contributed by atoms with E-state index in [1.807, 2.05) is 18.3 Å². The van der Waals surface area contributed by atoms with Gasteiger partial charge in [-0.15, -0.1) is 0 Å². The summed E-state index contributed by atoms with van der Waals surface area (Å²) in [5.41, 5.74) is 2.69. The van der Waals surface area contributed by atoms with E-state index in [2.05, 4.69) is 15.3 Å². The van der Waals surface area contributed by atoms with Crippen molar-refractivity contribution in [3.05, 3.63) is 52.3 Å². The molecule has 3 rings (SSSR count). The van der Waals surface area contributed by atoms with Gasteiger partial charge in [0.15, 0.2) is 5.75 Å². The summed E-state index contributed by atoms with van der Waals surface area (Å²) in [6.45, 7) is 0.600. The van der Waals surface area contributed by atoms with Gasteiger partial charge in [0, 0.05) is 30.0 Å². The van der Waals surface area contributed by atoms with Gasteiger partial charge in [-0.1, -0.05) is 23.2 Å². The van der Waals surface area contributed by atoms with Crippen molar-refractivity contribution < 1.29 is 5.11 Å². The maximum atomic E-state index is 9.52. The van der Waals surface area contributed by atoms with Gasteiger partial charge in [-0.05, 0) is 29.8 Å². The van der Waals surface area contributed by atoms with Gasteiger partial charge in [0.25, 0.3) is 0 Å². The van der Waals surface area contributed by atoms with E-state index in [9.17, 15) is 5.11 Å². The van der Waals surface area contributed by atoms with Crippen LogP contribution in [0.3, 0.4) is 0 Å². The van der Waals surface area contributed by atoms with Crippen LogP contribution in [0.1, 0.15) is 5.56 Å². The average Bonchev–Trinajstić information content (AvgIpc) is 2.85. The summed E-state index contributed by atoms with van der Waals surface area (Å²) in [4.78, 5) is 7.35. The van der Waals surface area contributed by atoms with Gasteiger partial charge < -0.3 is 15.4 Å². The second kappa shape index (κ2) is 5.23. The highest BCUT2D eigenvalue weighted by molar-refractivity contribution is 6.37. The second-order valence-corrected chi connectivity index (χ2v) is 5.17. The van der Waals surface area contributed by atoms with Crippen molar-refractivity contribution in [2.45, 2.75) is 6.54 Å². The Balaban J connectivity index is 1.83. The highest BCUT2D eigenvalue weighted by Gasteiger charge is 2.08. The normalized spacial score (nSPS) is 10.9.